The van der Waals surface area contributed by atoms with Gasteiger partial charge in [-0.05, 0) is 12.1 Å². The Hall–Kier alpha value is -4.15. The molecule has 11 heteroatoms. The highest BCUT2D eigenvalue weighted by molar-refractivity contribution is 5.98. The minimum atomic E-state index is -1.01. The highest BCUT2D eigenvalue weighted by atomic mass is 19.1. The maximum absolute atomic E-state index is 15.0. The fraction of sp³-hybridized carbons (Fsp3) is 0.200. The number of carbonyl (C=O) groups excluding carboxylic acids is 2. The molecule has 0 aliphatic carbocycles. The number of hydrogen-bond acceptors (Lipinski definition) is 5. The standard InChI is InChI=1S/C20H20FN7O3/c21-18-13(12-31-20(30)25-19(22)23)2-1-3-15(18)27-8-9-28(17(29)11-27)14-4-6-26-7-5-24-16(26)10-14/h1-7,10H,8-9,11-12H2,(H4,22,23,25,30). The van der Waals surface area contributed by atoms with Crippen molar-refractivity contribution in [3.8, 4) is 0 Å². The topological polar surface area (TPSA) is 132 Å². The van der Waals surface area contributed by atoms with E-state index in [0.717, 1.165) is 11.3 Å². The van der Waals surface area contributed by atoms with Crippen molar-refractivity contribution in [2.24, 2.45) is 16.5 Å². The van der Waals surface area contributed by atoms with Gasteiger partial charge in [0.15, 0.2) is 11.8 Å². The van der Waals surface area contributed by atoms with Crippen LogP contribution in [0.5, 0.6) is 0 Å². The minimum Gasteiger partial charge on any atom is -0.443 e. The van der Waals surface area contributed by atoms with Crippen molar-refractivity contribution < 1.29 is 18.7 Å². The van der Waals surface area contributed by atoms with Gasteiger partial charge in [0.25, 0.3) is 0 Å². The first-order valence-electron chi connectivity index (χ1n) is 9.44. The smallest absolute Gasteiger partial charge is 0.437 e. The average molecular weight is 425 g/mol. The van der Waals surface area contributed by atoms with E-state index in [0.29, 0.717) is 13.1 Å². The predicted octanol–water partition coefficient (Wildman–Crippen LogP) is 1.24. The van der Waals surface area contributed by atoms with Crippen molar-refractivity contribution in [1.82, 2.24) is 9.38 Å². The highest BCUT2D eigenvalue weighted by Crippen LogP contribution is 2.26. The molecule has 2 aromatic heterocycles. The SMILES string of the molecule is NC(N)=NC(=O)OCc1cccc(N2CCN(c3ccn4ccnc4c3)C(=O)C2)c1F. The Bertz CT molecular complexity index is 1170. The summed E-state index contributed by atoms with van der Waals surface area (Å²) >= 11 is 0. The molecule has 0 saturated carbocycles. The molecule has 1 aliphatic rings. The number of guanidine groups is 1. The second kappa shape index (κ2) is 8.30. The van der Waals surface area contributed by atoms with Gasteiger partial charge < -0.3 is 30.4 Å². The Balaban J connectivity index is 1.47. The van der Waals surface area contributed by atoms with Crippen LogP contribution in [0.15, 0.2) is 53.9 Å². The molecule has 0 atom stereocenters. The van der Waals surface area contributed by atoms with Gasteiger partial charge in [-0.15, -0.1) is 4.99 Å². The molecule has 4 N–H and O–H groups in total. The third-order valence-corrected chi connectivity index (χ3v) is 4.88. The summed E-state index contributed by atoms with van der Waals surface area (Å²) in [5, 5.41) is 0. The summed E-state index contributed by atoms with van der Waals surface area (Å²) in [4.78, 5) is 35.0. The molecule has 1 aromatic carbocycles. The number of fused-ring (bicyclic) bond motifs is 1. The van der Waals surface area contributed by atoms with Gasteiger partial charge in [0.2, 0.25) is 5.91 Å². The Kier molecular flexibility index (Phi) is 5.39. The first-order chi connectivity index (χ1) is 14.9. The van der Waals surface area contributed by atoms with Crippen molar-refractivity contribution in [2.45, 2.75) is 6.61 Å². The summed E-state index contributed by atoms with van der Waals surface area (Å²) in [6, 6.07) is 8.37. The summed E-state index contributed by atoms with van der Waals surface area (Å²) < 4.78 is 21.7. The van der Waals surface area contributed by atoms with E-state index in [1.54, 1.807) is 28.1 Å². The number of aromatic nitrogens is 2. The Morgan fingerprint density at radius 1 is 1.23 bits per heavy atom. The molecule has 0 bridgehead atoms. The van der Waals surface area contributed by atoms with Gasteiger partial charge in [-0.2, -0.15) is 0 Å². The number of amides is 2. The van der Waals surface area contributed by atoms with Crippen LogP contribution in [0.2, 0.25) is 0 Å². The fourth-order valence-corrected chi connectivity index (χ4v) is 3.42. The van der Waals surface area contributed by atoms with E-state index < -0.39 is 17.9 Å². The molecule has 1 fully saturated rings. The Labute approximate surface area is 176 Å². The van der Waals surface area contributed by atoms with Crippen molar-refractivity contribution in [3.05, 3.63) is 60.3 Å². The van der Waals surface area contributed by atoms with Crippen LogP contribution in [0.3, 0.4) is 0 Å². The fourth-order valence-electron chi connectivity index (χ4n) is 3.42. The lowest BCUT2D eigenvalue weighted by Crippen LogP contribution is -2.51. The van der Waals surface area contributed by atoms with E-state index >= 15 is 4.39 Å². The van der Waals surface area contributed by atoms with Crippen molar-refractivity contribution in [3.63, 3.8) is 0 Å². The zero-order valence-corrected chi connectivity index (χ0v) is 16.4. The molecule has 4 rings (SSSR count). The quantitative estimate of drug-likeness (QED) is 0.475. The Morgan fingerprint density at radius 2 is 2.06 bits per heavy atom. The number of nitrogens with zero attached hydrogens (tertiary/aromatic N) is 5. The number of nitrogens with two attached hydrogens (primary N) is 2. The third kappa shape index (κ3) is 4.25. The van der Waals surface area contributed by atoms with Crippen LogP contribution in [0.1, 0.15) is 5.56 Å². The number of halogens is 1. The number of piperazine rings is 1. The molecule has 3 heterocycles. The normalized spacial score (nSPS) is 14.0. The van der Waals surface area contributed by atoms with Gasteiger partial charge in [0.1, 0.15) is 12.3 Å². The summed E-state index contributed by atoms with van der Waals surface area (Å²) in [7, 11) is 0. The van der Waals surface area contributed by atoms with Crippen LogP contribution in [-0.4, -0.2) is 47.0 Å². The molecule has 0 spiro atoms. The van der Waals surface area contributed by atoms with E-state index in [2.05, 4.69) is 9.98 Å². The number of pyridine rings is 1. The van der Waals surface area contributed by atoms with Crippen LogP contribution in [0, 0.1) is 5.82 Å². The number of hydrogen-bond donors (Lipinski definition) is 2. The number of imidazole rings is 1. The molecule has 0 radical (unpaired) electrons. The van der Waals surface area contributed by atoms with Gasteiger partial charge in [0.05, 0.1) is 12.2 Å². The van der Waals surface area contributed by atoms with Crippen LogP contribution in [0.4, 0.5) is 20.6 Å². The molecular formula is C20H20FN7O3. The van der Waals surface area contributed by atoms with Gasteiger partial charge in [-0.3, -0.25) is 4.79 Å². The number of ether oxygens (including phenoxy) is 1. The monoisotopic (exact) mass is 425 g/mol. The maximum atomic E-state index is 15.0. The average Bonchev–Trinajstić information content (AvgIpc) is 3.20. The summed E-state index contributed by atoms with van der Waals surface area (Å²) in [6.07, 6.45) is 4.33. The van der Waals surface area contributed by atoms with Gasteiger partial charge in [0, 0.05) is 49.0 Å². The van der Waals surface area contributed by atoms with Crippen molar-refractivity contribution >= 4 is 35.0 Å². The van der Waals surface area contributed by atoms with Crippen LogP contribution < -0.4 is 21.3 Å². The number of benzene rings is 1. The third-order valence-electron chi connectivity index (χ3n) is 4.88. The predicted molar refractivity (Wildman–Crippen MR) is 112 cm³/mol. The zero-order valence-electron chi connectivity index (χ0n) is 16.4. The molecular weight excluding hydrogens is 405 g/mol. The second-order valence-corrected chi connectivity index (χ2v) is 6.89. The number of rotatable bonds is 4. The molecule has 160 valence electrons. The molecule has 3 aromatic rings. The Morgan fingerprint density at radius 3 is 2.84 bits per heavy atom. The molecule has 2 amide bonds. The van der Waals surface area contributed by atoms with Gasteiger partial charge in [-0.25, -0.2) is 14.2 Å². The second-order valence-electron chi connectivity index (χ2n) is 6.89. The van der Waals surface area contributed by atoms with E-state index in [-0.39, 0.29) is 30.3 Å². The molecule has 1 aliphatic heterocycles. The minimum absolute atomic E-state index is 0.00772. The lowest BCUT2D eigenvalue weighted by molar-refractivity contribution is -0.117. The first-order valence-corrected chi connectivity index (χ1v) is 9.44. The molecule has 1 saturated heterocycles. The summed E-state index contributed by atoms with van der Waals surface area (Å²) in [6.45, 7) is 0.486. The van der Waals surface area contributed by atoms with Gasteiger partial charge in [-0.1, -0.05) is 12.1 Å². The molecule has 10 nitrogen and oxygen atoms in total. The van der Waals surface area contributed by atoms with E-state index in [9.17, 15) is 9.59 Å². The van der Waals surface area contributed by atoms with Crippen molar-refractivity contribution in [2.75, 3.05) is 29.4 Å². The molecule has 0 unspecified atom stereocenters. The number of aliphatic imine (C=N–C) groups is 1. The summed E-state index contributed by atoms with van der Waals surface area (Å²) in [5.74, 6) is -1.17. The molecule has 31 heavy (non-hydrogen) atoms. The number of carbonyl (C=O) groups is 2. The first kappa shape index (κ1) is 20.1. The van der Waals surface area contributed by atoms with Crippen molar-refractivity contribution in [1.29, 1.82) is 0 Å². The zero-order chi connectivity index (χ0) is 22.0. The summed E-state index contributed by atoms with van der Waals surface area (Å²) in [5.41, 5.74) is 12.1. The highest BCUT2D eigenvalue weighted by Gasteiger charge is 2.27. The van der Waals surface area contributed by atoms with Crippen LogP contribution in [-0.2, 0) is 16.1 Å². The van der Waals surface area contributed by atoms with E-state index in [1.807, 2.05) is 28.9 Å². The lowest BCUT2D eigenvalue weighted by Gasteiger charge is -2.36. The maximum Gasteiger partial charge on any atom is 0.437 e. The van der Waals surface area contributed by atoms with Gasteiger partial charge >= 0.3 is 6.09 Å². The van der Waals surface area contributed by atoms with Crippen LogP contribution in [0.25, 0.3) is 5.65 Å². The van der Waals surface area contributed by atoms with E-state index in [4.69, 9.17) is 16.2 Å². The van der Waals surface area contributed by atoms with E-state index in [1.165, 1.54) is 6.07 Å². The lowest BCUT2D eigenvalue weighted by atomic mass is 10.1. The van der Waals surface area contributed by atoms with Crippen LogP contribution >= 0.6 is 0 Å². The largest absolute Gasteiger partial charge is 0.443 e. The number of anilines is 2.